The van der Waals surface area contributed by atoms with Gasteiger partial charge in [0.25, 0.3) is 0 Å². The van der Waals surface area contributed by atoms with Gasteiger partial charge in [0.1, 0.15) is 23.1 Å². The van der Waals surface area contributed by atoms with Crippen molar-refractivity contribution in [3.63, 3.8) is 0 Å². The summed E-state index contributed by atoms with van der Waals surface area (Å²) in [5, 5.41) is 19.4. The Bertz CT molecular complexity index is 1120. The van der Waals surface area contributed by atoms with Crippen LogP contribution in [-0.4, -0.2) is 29.4 Å². The number of ether oxygens (including phenoxy) is 2. The summed E-state index contributed by atoms with van der Waals surface area (Å²) in [7, 11) is 0. The maximum Gasteiger partial charge on any atom is 0.303 e. The summed E-state index contributed by atoms with van der Waals surface area (Å²) in [6.07, 6.45) is 3.85. The van der Waals surface area contributed by atoms with E-state index in [9.17, 15) is 14.3 Å². The van der Waals surface area contributed by atoms with Crippen LogP contribution in [0.25, 0.3) is 11.1 Å². The first-order chi connectivity index (χ1) is 16.9. The number of carboxylic acid groups (broad SMARTS) is 1. The molecule has 5 nitrogen and oxygen atoms in total. The van der Waals surface area contributed by atoms with Crippen LogP contribution < -0.4 is 9.47 Å². The van der Waals surface area contributed by atoms with Crippen LogP contribution in [0.1, 0.15) is 49.8 Å². The summed E-state index contributed by atoms with van der Waals surface area (Å²) >= 11 is 0. The summed E-state index contributed by atoms with van der Waals surface area (Å²) in [4.78, 5) is 10.8. The van der Waals surface area contributed by atoms with E-state index < -0.39 is 5.97 Å². The minimum Gasteiger partial charge on any atom is -0.507 e. The Labute approximate surface area is 206 Å². The van der Waals surface area contributed by atoms with Gasteiger partial charge in [-0.05, 0) is 65.8 Å². The number of aliphatic carboxylic acids is 1. The van der Waals surface area contributed by atoms with Crippen molar-refractivity contribution in [3.8, 4) is 28.4 Å². The number of aromatic hydroxyl groups is 1. The standard InChI is InChI=1S/C29H33FO5/c1-3-6-23-17-20(8-14-29(32)33)7-13-27(23)34-15-5-16-35-28-19-26(31)25(18-21(28)4-2)22-9-11-24(30)12-10-22/h7,9-13,17-19,31H,3-6,8,14-16H2,1-2H3,(H,32,33). The van der Waals surface area contributed by atoms with E-state index in [-0.39, 0.29) is 18.0 Å². The third-order valence-electron chi connectivity index (χ3n) is 5.79. The first-order valence-electron chi connectivity index (χ1n) is 12.1. The van der Waals surface area contributed by atoms with Crippen molar-refractivity contribution in [2.75, 3.05) is 13.2 Å². The number of halogens is 1. The monoisotopic (exact) mass is 480 g/mol. The molecule has 2 N–H and O–H groups in total. The normalized spacial score (nSPS) is 10.8. The molecule has 0 bridgehead atoms. The van der Waals surface area contributed by atoms with Crippen LogP contribution in [0.2, 0.25) is 0 Å². The molecule has 0 aliphatic carbocycles. The minimum atomic E-state index is -0.799. The molecular formula is C29H33FO5. The highest BCUT2D eigenvalue weighted by Gasteiger charge is 2.12. The largest absolute Gasteiger partial charge is 0.507 e. The van der Waals surface area contributed by atoms with Crippen molar-refractivity contribution in [2.45, 2.75) is 52.4 Å². The highest BCUT2D eigenvalue weighted by molar-refractivity contribution is 5.72. The maximum absolute atomic E-state index is 13.2. The smallest absolute Gasteiger partial charge is 0.303 e. The number of carbonyl (C=O) groups is 1. The van der Waals surface area contributed by atoms with Crippen LogP contribution in [0.5, 0.6) is 17.2 Å². The molecule has 0 spiro atoms. The molecule has 3 rings (SSSR count). The Morgan fingerprint density at radius 3 is 2.26 bits per heavy atom. The number of phenols is 1. The van der Waals surface area contributed by atoms with Gasteiger partial charge in [0, 0.05) is 24.5 Å². The van der Waals surface area contributed by atoms with Crippen LogP contribution in [0.3, 0.4) is 0 Å². The van der Waals surface area contributed by atoms with Crippen molar-refractivity contribution in [2.24, 2.45) is 0 Å². The lowest BCUT2D eigenvalue weighted by Gasteiger charge is -2.15. The molecule has 35 heavy (non-hydrogen) atoms. The highest BCUT2D eigenvalue weighted by atomic mass is 19.1. The van der Waals surface area contributed by atoms with Gasteiger partial charge in [0.05, 0.1) is 13.2 Å². The van der Waals surface area contributed by atoms with E-state index in [4.69, 9.17) is 14.6 Å². The second kappa shape index (κ2) is 12.8. The van der Waals surface area contributed by atoms with E-state index in [2.05, 4.69) is 6.92 Å². The molecule has 0 aliphatic heterocycles. The molecule has 0 fully saturated rings. The van der Waals surface area contributed by atoms with Gasteiger partial charge in [-0.1, -0.05) is 44.5 Å². The van der Waals surface area contributed by atoms with E-state index in [1.165, 1.54) is 12.1 Å². The quantitative estimate of drug-likeness (QED) is 0.270. The predicted octanol–water partition coefficient (Wildman–Crippen LogP) is 6.58. The molecular weight excluding hydrogens is 447 g/mol. The molecule has 0 aromatic heterocycles. The fraction of sp³-hybridized carbons (Fsp3) is 0.345. The number of hydrogen-bond donors (Lipinski definition) is 2. The lowest BCUT2D eigenvalue weighted by molar-refractivity contribution is -0.136. The average molecular weight is 481 g/mol. The van der Waals surface area contributed by atoms with Crippen LogP contribution in [0.4, 0.5) is 4.39 Å². The molecule has 186 valence electrons. The van der Waals surface area contributed by atoms with E-state index in [0.29, 0.717) is 37.4 Å². The van der Waals surface area contributed by atoms with Gasteiger partial charge < -0.3 is 19.7 Å². The first-order valence-corrected chi connectivity index (χ1v) is 12.1. The van der Waals surface area contributed by atoms with Crippen LogP contribution >= 0.6 is 0 Å². The number of benzene rings is 3. The Morgan fingerprint density at radius 2 is 1.60 bits per heavy atom. The Kier molecular flexibility index (Phi) is 9.53. The molecule has 0 amide bonds. The molecule has 3 aromatic rings. The number of rotatable bonds is 13. The Hall–Kier alpha value is -3.54. The van der Waals surface area contributed by atoms with Crippen LogP contribution in [-0.2, 0) is 24.1 Å². The SMILES string of the molecule is CCCc1cc(CCC(=O)O)ccc1OCCCOc1cc(O)c(-c2ccc(F)cc2)cc1CC. The average Bonchev–Trinajstić information content (AvgIpc) is 2.84. The van der Waals surface area contributed by atoms with E-state index in [1.807, 2.05) is 31.2 Å². The van der Waals surface area contributed by atoms with Gasteiger partial charge in [-0.3, -0.25) is 4.79 Å². The van der Waals surface area contributed by atoms with Crippen molar-refractivity contribution in [1.82, 2.24) is 0 Å². The van der Waals surface area contributed by atoms with Gasteiger partial charge in [-0.2, -0.15) is 0 Å². The third kappa shape index (κ3) is 7.47. The summed E-state index contributed by atoms with van der Waals surface area (Å²) in [6.45, 7) is 5.03. The Morgan fingerprint density at radius 1 is 0.886 bits per heavy atom. The molecule has 0 unspecified atom stereocenters. The number of carboxylic acids is 1. The molecule has 6 heteroatoms. The Balaban J connectivity index is 1.57. The zero-order valence-electron chi connectivity index (χ0n) is 20.4. The van der Waals surface area contributed by atoms with E-state index in [1.54, 1.807) is 18.2 Å². The van der Waals surface area contributed by atoms with Crippen molar-refractivity contribution >= 4 is 5.97 Å². The predicted molar refractivity (Wildman–Crippen MR) is 135 cm³/mol. The summed E-state index contributed by atoms with van der Waals surface area (Å²) in [6, 6.07) is 15.4. The molecule has 0 aliphatic rings. The third-order valence-corrected chi connectivity index (χ3v) is 5.79. The van der Waals surface area contributed by atoms with Gasteiger partial charge >= 0.3 is 5.97 Å². The first kappa shape index (κ1) is 26.1. The molecule has 0 heterocycles. The number of phenolic OH excluding ortho intramolecular Hbond substituents is 1. The van der Waals surface area contributed by atoms with Gasteiger partial charge in [-0.15, -0.1) is 0 Å². The highest BCUT2D eigenvalue weighted by Crippen LogP contribution is 2.36. The topological polar surface area (TPSA) is 76.0 Å². The number of hydrogen-bond acceptors (Lipinski definition) is 4. The maximum atomic E-state index is 13.2. The van der Waals surface area contributed by atoms with Crippen molar-refractivity contribution in [1.29, 1.82) is 0 Å². The zero-order chi connectivity index (χ0) is 25.2. The second-order valence-corrected chi connectivity index (χ2v) is 8.47. The fourth-order valence-electron chi connectivity index (χ4n) is 3.95. The number of aryl methyl sites for hydroxylation is 3. The van der Waals surface area contributed by atoms with Crippen molar-refractivity contribution in [3.05, 3.63) is 77.1 Å². The summed E-state index contributed by atoms with van der Waals surface area (Å²) in [5.74, 6) is 0.424. The lowest BCUT2D eigenvalue weighted by Crippen LogP contribution is -2.07. The minimum absolute atomic E-state index is 0.0900. The van der Waals surface area contributed by atoms with Crippen LogP contribution in [0.15, 0.2) is 54.6 Å². The van der Waals surface area contributed by atoms with Crippen molar-refractivity contribution < 1.29 is 28.9 Å². The fourth-order valence-corrected chi connectivity index (χ4v) is 3.95. The van der Waals surface area contributed by atoms with Gasteiger partial charge in [-0.25, -0.2) is 4.39 Å². The zero-order valence-corrected chi connectivity index (χ0v) is 20.4. The molecule has 0 radical (unpaired) electrons. The summed E-state index contributed by atoms with van der Waals surface area (Å²) in [5.41, 5.74) is 4.45. The molecule has 3 aromatic carbocycles. The second-order valence-electron chi connectivity index (χ2n) is 8.47. The summed E-state index contributed by atoms with van der Waals surface area (Å²) < 4.78 is 25.2. The lowest BCUT2D eigenvalue weighted by atomic mass is 10.00. The van der Waals surface area contributed by atoms with Gasteiger partial charge in [0.2, 0.25) is 0 Å². The van der Waals surface area contributed by atoms with Crippen LogP contribution in [0, 0.1) is 5.82 Å². The van der Waals surface area contributed by atoms with E-state index in [0.717, 1.165) is 47.3 Å². The molecule has 0 saturated heterocycles. The van der Waals surface area contributed by atoms with E-state index >= 15 is 0 Å². The molecule has 0 saturated carbocycles. The van der Waals surface area contributed by atoms with Gasteiger partial charge in [0.15, 0.2) is 0 Å². The molecule has 0 atom stereocenters.